The van der Waals surface area contributed by atoms with Crippen LogP contribution in [0.15, 0.2) is 40.9 Å². The van der Waals surface area contributed by atoms with Gasteiger partial charge in [0.25, 0.3) is 0 Å². The highest BCUT2D eigenvalue weighted by Crippen LogP contribution is 2.13. The third-order valence-electron chi connectivity index (χ3n) is 1.50. The van der Waals surface area contributed by atoms with Crippen molar-refractivity contribution >= 4 is 21.6 Å². The van der Waals surface area contributed by atoms with Crippen molar-refractivity contribution in [2.24, 2.45) is 0 Å². The van der Waals surface area contributed by atoms with Crippen LogP contribution in [0.5, 0.6) is 0 Å². The SMILES string of the molecule is C/C=C/CNc1ccc(Br)cc1. The molecular weight excluding hydrogens is 214 g/mol. The van der Waals surface area contributed by atoms with Crippen molar-refractivity contribution in [1.82, 2.24) is 0 Å². The minimum absolute atomic E-state index is 0.887. The van der Waals surface area contributed by atoms with E-state index in [2.05, 4.69) is 27.3 Å². The highest BCUT2D eigenvalue weighted by Gasteiger charge is 1.88. The molecule has 0 amide bonds. The first-order valence-electron chi connectivity index (χ1n) is 3.93. The Morgan fingerprint density at radius 3 is 2.58 bits per heavy atom. The van der Waals surface area contributed by atoms with Crippen molar-refractivity contribution < 1.29 is 0 Å². The molecule has 0 saturated carbocycles. The molecule has 1 nitrogen and oxygen atoms in total. The summed E-state index contributed by atoms with van der Waals surface area (Å²) in [6.45, 7) is 2.90. The fourth-order valence-corrected chi connectivity index (χ4v) is 1.13. The fourth-order valence-electron chi connectivity index (χ4n) is 0.862. The lowest BCUT2D eigenvalue weighted by atomic mass is 10.3. The summed E-state index contributed by atoms with van der Waals surface area (Å²) < 4.78 is 1.11. The van der Waals surface area contributed by atoms with Gasteiger partial charge in [-0.2, -0.15) is 0 Å². The predicted octanol–water partition coefficient (Wildman–Crippen LogP) is 3.44. The molecule has 0 unspecified atom stereocenters. The molecule has 0 atom stereocenters. The first-order chi connectivity index (χ1) is 5.83. The molecule has 1 N–H and O–H groups in total. The Kier molecular flexibility index (Phi) is 3.88. The summed E-state index contributed by atoms with van der Waals surface area (Å²) >= 11 is 3.39. The van der Waals surface area contributed by atoms with Gasteiger partial charge in [-0.3, -0.25) is 0 Å². The molecular formula is C10H12BrN. The van der Waals surface area contributed by atoms with Crippen LogP contribution in [0.2, 0.25) is 0 Å². The quantitative estimate of drug-likeness (QED) is 0.778. The van der Waals surface area contributed by atoms with Gasteiger partial charge < -0.3 is 5.32 Å². The van der Waals surface area contributed by atoms with E-state index >= 15 is 0 Å². The summed E-state index contributed by atoms with van der Waals surface area (Å²) in [6.07, 6.45) is 4.12. The van der Waals surface area contributed by atoms with E-state index in [0.29, 0.717) is 0 Å². The standard InChI is InChI=1S/C10H12BrN/c1-2-3-8-12-10-6-4-9(11)5-7-10/h2-7,12H,8H2,1H3/b3-2+. The van der Waals surface area contributed by atoms with Gasteiger partial charge in [-0.15, -0.1) is 0 Å². The molecule has 0 radical (unpaired) electrons. The maximum atomic E-state index is 3.39. The van der Waals surface area contributed by atoms with Gasteiger partial charge in [0.05, 0.1) is 0 Å². The van der Waals surface area contributed by atoms with E-state index in [1.807, 2.05) is 37.3 Å². The van der Waals surface area contributed by atoms with Crippen LogP contribution in [0.1, 0.15) is 6.92 Å². The smallest absolute Gasteiger partial charge is 0.0343 e. The summed E-state index contributed by atoms with van der Waals surface area (Å²) in [7, 11) is 0. The van der Waals surface area contributed by atoms with E-state index in [-0.39, 0.29) is 0 Å². The first kappa shape index (κ1) is 9.33. The average molecular weight is 226 g/mol. The number of halogens is 1. The van der Waals surface area contributed by atoms with Crippen LogP contribution in [0.4, 0.5) is 5.69 Å². The van der Waals surface area contributed by atoms with Crippen molar-refractivity contribution in [1.29, 1.82) is 0 Å². The predicted molar refractivity (Wildman–Crippen MR) is 57.4 cm³/mol. The molecule has 0 aliphatic heterocycles. The third-order valence-corrected chi connectivity index (χ3v) is 2.03. The maximum absolute atomic E-state index is 3.39. The van der Waals surface area contributed by atoms with E-state index in [1.165, 1.54) is 0 Å². The zero-order valence-electron chi connectivity index (χ0n) is 7.05. The average Bonchev–Trinajstić information content (AvgIpc) is 2.09. The Hall–Kier alpha value is -0.760. The summed E-state index contributed by atoms with van der Waals surface area (Å²) in [5.74, 6) is 0. The molecule has 12 heavy (non-hydrogen) atoms. The Morgan fingerprint density at radius 2 is 2.00 bits per heavy atom. The van der Waals surface area contributed by atoms with Crippen molar-refractivity contribution in [2.75, 3.05) is 11.9 Å². The third kappa shape index (κ3) is 3.09. The lowest BCUT2D eigenvalue weighted by Crippen LogP contribution is -1.96. The fraction of sp³-hybridized carbons (Fsp3) is 0.200. The van der Waals surface area contributed by atoms with E-state index in [9.17, 15) is 0 Å². The van der Waals surface area contributed by atoms with Crippen LogP contribution in [0, 0.1) is 0 Å². The molecule has 0 bridgehead atoms. The van der Waals surface area contributed by atoms with Gasteiger partial charge in [-0.25, -0.2) is 0 Å². The molecule has 0 spiro atoms. The van der Waals surface area contributed by atoms with Crippen LogP contribution >= 0.6 is 15.9 Å². The van der Waals surface area contributed by atoms with Crippen LogP contribution in [0.25, 0.3) is 0 Å². The molecule has 64 valence electrons. The zero-order valence-corrected chi connectivity index (χ0v) is 8.64. The van der Waals surface area contributed by atoms with Gasteiger partial charge in [-0.05, 0) is 31.2 Å². The molecule has 0 fully saturated rings. The van der Waals surface area contributed by atoms with Crippen molar-refractivity contribution in [3.05, 3.63) is 40.9 Å². The van der Waals surface area contributed by atoms with Gasteiger partial charge in [0.1, 0.15) is 0 Å². The highest BCUT2D eigenvalue weighted by atomic mass is 79.9. The van der Waals surface area contributed by atoms with E-state index in [0.717, 1.165) is 16.7 Å². The summed E-state index contributed by atoms with van der Waals surface area (Å²) in [5.41, 5.74) is 1.15. The number of hydrogen-bond acceptors (Lipinski definition) is 1. The number of benzene rings is 1. The number of nitrogens with one attached hydrogen (secondary N) is 1. The first-order valence-corrected chi connectivity index (χ1v) is 4.73. The van der Waals surface area contributed by atoms with E-state index in [1.54, 1.807) is 0 Å². The number of hydrogen-bond donors (Lipinski definition) is 1. The minimum atomic E-state index is 0.887. The molecule has 0 aliphatic rings. The van der Waals surface area contributed by atoms with Crippen molar-refractivity contribution in [2.45, 2.75) is 6.92 Å². The van der Waals surface area contributed by atoms with Crippen LogP contribution in [-0.2, 0) is 0 Å². The number of allylic oxidation sites excluding steroid dienone is 1. The van der Waals surface area contributed by atoms with Crippen LogP contribution < -0.4 is 5.32 Å². The molecule has 2 heteroatoms. The Balaban J connectivity index is 2.47. The maximum Gasteiger partial charge on any atom is 0.0343 e. The molecule has 0 saturated heterocycles. The summed E-state index contributed by atoms with van der Waals surface area (Å²) in [4.78, 5) is 0. The Bertz CT molecular complexity index is 251. The topological polar surface area (TPSA) is 12.0 Å². The Morgan fingerprint density at radius 1 is 1.33 bits per heavy atom. The second-order valence-electron chi connectivity index (χ2n) is 2.46. The molecule has 1 aromatic rings. The Labute approximate surface area is 81.6 Å². The van der Waals surface area contributed by atoms with Gasteiger partial charge in [0, 0.05) is 16.7 Å². The molecule has 1 rings (SSSR count). The van der Waals surface area contributed by atoms with Gasteiger partial charge in [0.2, 0.25) is 0 Å². The van der Waals surface area contributed by atoms with Crippen LogP contribution in [-0.4, -0.2) is 6.54 Å². The molecule has 1 aromatic carbocycles. The highest BCUT2D eigenvalue weighted by molar-refractivity contribution is 9.10. The lowest BCUT2D eigenvalue weighted by molar-refractivity contribution is 1.32. The lowest BCUT2D eigenvalue weighted by Gasteiger charge is -2.01. The van der Waals surface area contributed by atoms with E-state index in [4.69, 9.17) is 0 Å². The molecule has 0 aliphatic carbocycles. The molecule has 0 aromatic heterocycles. The molecule has 0 heterocycles. The normalized spacial score (nSPS) is 10.5. The minimum Gasteiger partial charge on any atom is -0.382 e. The summed E-state index contributed by atoms with van der Waals surface area (Å²) in [5, 5.41) is 3.27. The van der Waals surface area contributed by atoms with Gasteiger partial charge >= 0.3 is 0 Å². The van der Waals surface area contributed by atoms with Crippen molar-refractivity contribution in [3.8, 4) is 0 Å². The van der Waals surface area contributed by atoms with E-state index < -0.39 is 0 Å². The number of rotatable bonds is 3. The van der Waals surface area contributed by atoms with Crippen molar-refractivity contribution in [3.63, 3.8) is 0 Å². The number of anilines is 1. The zero-order chi connectivity index (χ0) is 8.81. The van der Waals surface area contributed by atoms with Gasteiger partial charge in [0.15, 0.2) is 0 Å². The van der Waals surface area contributed by atoms with Crippen LogP contribution in [0.3, 0.4) is 0 Å². The second kappa shape index (κ2) is 4.99. The monoisotopic (exact) mass is 225 g/mol. The largest absolute Gasteiger partial charge is 0.382 e. The van der Waals surface area contributed by atoms with Gasteiger partial charge in [-0.1, -0.05) is 28.1 Å². The second-order valence-corrected chi connectivity index (χ2v) is 3.37. The summed E-state index contributed by atoms with van der Waals surface area (Å²) in [6, 6.07) is 8.15.